The maximum absolute atomic E-state index is 8.26. The first-order chi connectivity index (χ1) is 42.9. The number of rotatable bonds is 56. The van der Waals surface area contributed by atoms with Crippen molar-refractivity contribution in [3.8, 4) is 0 Å². The van der Waals surface area contributed by atoms with Crippen LogP contribution in [-0.4, -0.2) is 52.9 Å². The molecule has 0 heterocycles. The molecule has 8 atom stereocenters. The van der Waals surface area contributed by atoms with Crippen LogP contribution < -0.4 is 0 Å². The van der Waals surface area contributed by atoms with Crippen molar-refractivity contribution in [1.82, 2.24) is 0 Å². The van der Waals surface area contributed by atoms with E-state index in [2.05, 4.69) is 111 Å². The summed E-state index contributed by atoms with van der Waals surface area (Å²) in [5.41, 5.74) is -9.90. The monoisotopic (exact) mass is 1880 g/mol. The van der Waals surface area contributed by atoms with Gasteiger partial charge in [0, 0.05) is 0 Å². The molecule has 0 fully saturated rings. The van der Waals surface area contributed by atoms with Gasteiger partial charge in [0.15, 0.2) is 0 Å². The van der Waals surface area contributed by atoms with Gasteiger partial charge in [0.25, 0.3) is 0 Å². The summed E-state index contributed by atoms with van der Waals surface area (Å²) in [7, 11) is 0. The molecule has 568 valence electrons. The van der Waals surface area contributed by atoms with E-state index in [0.29, 0.717) is 160 Å². The Morgan fingerprint density at radius 1 is 0.234 bits per heavy atom. The van der Waals surface area contributed by atoms with Gasteiger partial charge < -0.3 is 139 Å². The minimum atomic E-state index is -2.47. The van der Waals surface area contributed by atoms with Gasteiger partial charge in [-0.15, -0.1) is 0 Å². The van der Waals surface area contributed by atoms with Gasteiger partial charge in [-0.3, -0.25) is 0 Å². The Bertz CT molecular complexity index is 1360. The molecule has 0 radical (unpaired) electrons. The molecule has 0 rings (SSSR count). The van der Waals surface area contributed by atoms with Gasteiger partial charge in [-0.1, -0.05) is 312 Å². The van der Waals surface area contributed by atoms with E-state index in [-0.39, 0.29) is 54.0 Å². The molecule has 0 saturated carbocycles. The SMILES string of the molecule is CCCCC(CC)COP(=S)([S-])OCC(CC)CCCC.CCCCC(CC)COP(=S)([S-])OCC(CC)CCCC.CCCCC(CC)COP(=S)([S-])OCC(CC)CCCC.CCCCC(CC)COP(=S)([S-])OCC(CC)CCCC.[O]=[Mo+4].[O]=[Mo+4].[O]=[Mo+4].[S-2].[S-2].[S-2].[S-2]. The topological polar surface area (TPSA) is 125 Å². The van der Waals surface area contributed by atoms with Crippen molar-refractivity contribution < 1.29 is 106 Å². The Hall–Kier alpha value is 6.54. The maximum Gasteiger partial charge on any atom is -2.00 e. The Labute approximate surface area is 687 Å². The van der Waals surface area contributed by atoms with Crippen molar-refractivity contribution in [2.45, 2.75) is 316 Å². The molecule has 0 aliphatic heterocycles. The zero-order chi connectivity index (χ0) is 70.6. The molecule has 0 amide bonds. The predicted molar refractivity (Wildman–Crippen MR) is 432 cm³/mol. The molecule has 0 aromatic carbocycles. The summed E-state index contributed by atoms with van der Waals surface area (Å²) in [6, 6.07) is 0. The summed E-state index contributed by atoms with van der Waals surface area (Å²) < 4.78 is 71.2. The van der Waals surface area contributed by atoms with E-state index in [1.165, 1.54) is 154 Å². The first kappa shape index (κ1) is 124. The minimum absolute atomic E-state index is 0. The molecule has 0 spiro atoms. The molecule has 11 nitrogen and oxygen atoms in total. The fourth-order valence-electron chi connectivity index (χ4n) is 8.91. The van der Waals surface area contributed by atoms with E-state index >= 15 is 0 Å². The van der Waals surface area contributed by atoms with Crippen LogP contribution in [-0.2, 0) is 256 Å². The third kappa shape index (κ3) is 89.2. The number of hydrogen-bond donors (Lipinski definition) is 0. The van der Waals surface area contributed by atoms with Crippen LogP contribution >= 0.6 is 22.8 Å². The maximum atomic E-state index is 8.26. The van der Waals surface area contributed by atoms with Gasteiger partial charge >= 0.3 is 69.5 Å². The summed E-state index contributed by atoms with van der Waals surface area (Å²) in [6.45, 7) is 40.7. The fraction of sp³-hybridized carbons (Fsp3) is 1.00. The van der Waals surface area contributed by atoms with Gasteiger partial charge in [0.1, 0.15) is 0 Å². The molecule has 0 aliphatic carbocycles. The smallest absolute Gasteiger partial charge is 2.00 e. The molecular weight excluding hydrogens is 1740 g/mol. The Kier molecular flexibility index (Phi) is 122. The fourth-order valence-corrected chi connectivity index (χ4v) is 15.3. The van der Waals surface area contributed by atoms with E-state index < -0.39 is 22.8 Å². The van der Waals surface area contributed by atoms with E-state index in [1.807, 2.05) is 0 Å². The Morgan fingerprint density at radius 2 is 0.319 bits per heavy atom. The quantitative estimate of drug-likeness (QED) is 0.0325. The van der Waals surface area contributed by atoms with Crippen molar-refractivity contribution in [2.24, 2.45) is 47.3 Å². The zero-order valence-electron chi connectivity index (χ0n) is 61.3. The van der Waals surface area contributed by atoms with Gasteiger partial charge in [0.2, 0.25) is 0 Å². The number of unbranched alkanes of at least 4 members (excludes halogenated alkanes) is 8. The van der Waals surface area contributed by atoms with Crippen LogP contribution in [0.1, 0.15) is 316 Å². The first-order valence-electron chi connectivity index (χ1n) is 34.8. The van der Waals surface area contributed by atoms with E-state index in [9.17, 15) is 0 Å². The summed E-state index contributed by atoms with van der Waals surface area (Å²) >= 11 is 45.2. The summed E-state index contributed by atoms with van der Waals surface area (Å²) in [4.78, 5) is 0. The second kappa shape index (κ2) is 91.9. The Morgan fingerprint density at radius 3 is 0.383 bits per heavy atom. The molecule has 0 N–H and O–H groups in total. The van der Waals surface area contributed by atoms with Crippen LogP contribution in [0, 0.1) is 47.3 Å². The summed E-state index contributed by atoms with van der Waals surface area (Å²) in [5, 5.41) is 0. The summed E-state index contributed by atoms with van der Waals surface area (Å²) in [5.74, 6) is 4.56. The molecule has 30 heteroatoms. The predicted octanol–water partition coefficient (Wildman–Crippen LogP) is 24.5. The molecule has 0 aliphatic rings. The third-order valence-electron chi connectivity index (χ3n) is 16.1. The van der Waals surface area contributed by atoms with Crippen molar-refractivity contribution in [1.29, 1.82) is 0 Å². The van der Waals surface area contributed by atoms with Crippen molar-refractivity contribution in [3.05, 3.63) is 0 Å². The van der Waals surface area contributed by atoms with Crippen LogP contribution in [0.4, 0.5) is 0 Å². The van der Waals surface area contributed by atoms with Crippen molar-refractivity contribution in [3.63, 3.8) is 0 Å². The second-order valence-corrected chi connectivity index (χ2v) is 43.4. The van der Waals surface area contributed by atoms with Crippen LogP contribution in [0.2, 0.25) is 0 Å². The van der Waals surface area contributed by atoms with E-state index in [0.717, 1.165) is 51.4 Å². The molecule has 0 aromatic heterocycles. The van der Waals surface area contributed by atoms with Crippen LogP contribution in [0.25, 0.3) is 0 Å². The van der Waals surface area contributed by atoms with Crippen molar-refractivity contribution >= 4 is 173 Å². The van der Waals surface area contributed by atoms with Crippen LogP contribution in [0.15, 0.2) is 0 Å². The molecule has 8 unspecified atom stereocenters. The molecule has 0 aromatic rings. The third-order valence-corrected chi connectivity index (χ3v) is 24.9. The standard InChI is InChI=1S/4C16H35O2PS2.3Mo.3O.4S/c4*1-5-9-11-15(7-3)13-17-19(20,21)18-14-16(8-4)12-10-6-2;;;;;;;;;;/h4*15-16H,5-14H2,1-4H3,(H,20,21);;;;;;;;;;/q;;;;3*+4;;;;4*-2/p-4. The average molecular weight is 1880 g/mol. The van der Waals surface area contributed by atoms with Gasteiger partial charge in [-0.2, -0.15) is 0 Å². The van der Waals surface area contributed by atoms with E-state index in [1.54, 1.807) is 0 Å². The number of hydrogen-bond acceptors (Lipinski definition) is 19. The first-order valence-corrected chi connectivity index (χ1v) is 51.9. The molecule has 94 heavy (non-hydrogen) atoms. The molecule has 0 bridgehead atoms. The Balaban J connectivity index is -0.000000104. The molecular formula is C64H136Mo3O11P4S12. The van der Waals surface area contributed by atoms with Gasteiger partial charge in [-0.05, 0) is 98.7 Å². The van der Waals surface area contributed by atoms with Gasteiger partial charge in [0.05, 0.1) is 75.6 Å². The van der Waals surface area contributed by atoms with Crippen LogP contribution in [0.3, 0.4) is 0 Å². The van der Waals surface area contributed by atoms with Crippen molar-refractivity contribution in [2.75, 3.05) is 52.9 Å². The van der Waals surface area contributed by atoms with Gasteiger partial charge in [-0.25, -0.2) is 0 Å². The minimum Gasteiger partial charge on any atom is -2.00 e. The largest absolute Gasteiger partial charge is 2.00 e. The second-order valence-electron chi connectivity index (χ2n) is 23.5. The normalized spacial score (nSPS) is 15.7. The van der Waals surface area contributed by atoms with E-state index in [4.69, 9.17) is 143 Å². The van der Waals surface area contributed by atoms with Crippen LogP contribution in [0.5, 0.6) is 0 Å². The summed E-state index contributed by atoms with van der Waals surface area (Å²) in [6.07, 6.45) is 38.4. The molecule has 0 saturated heterocycles. The average Bonchev–Trinajstić information content (AvgIpc) is 2.25. The zero-order valence-corrected chi connectivity index (χ0v) is 80.7.